The molecule has 1 aromatic rings. The molecule has 0 unspecified atom stereocenters. The van der Waals surface area contributed by atoms with Crippen LogP contribution in [0.3, 0.4) is 0 Å². The van der Waals surface area contributed by atoms with Crippen LogP contribution in [0.25, 0.3) is 0 Å². The Morgan fingerprint density at radius 3 is 2.44 bits per heavy atom. The summed E-state index contributed by atoms with van der Waals surface area (Å²) in [7, 11) is 0. The summed E-state index contributed by atoms with van der Waals surface area (Å²) in [6.45, 7) is -1.64. The summed E-state index contributed by atoms with van der Waals surface area (Å²) < 4.78 is 61.0. The van der Waals surface area contributed by atoms with Gasteiger partial charge in [-0.15, -0.1) is 0 Å². The first kappa shape index (κ1) is 14.1. The highest BCUT2D eigenvalue weighted by molar-refractivity contribution is 5.86. The Morgan fingerprint density at radius 2 is 1.94 bits per heavy atom. The Bertz CT molecular complexity index is 443. The van der Waals surface area contributed by atoms with Crippen molar-refractivity contribution in [1.29, 1.82) is 5.41 Å². The smallest absolute Gasteiger partial charge is 0.384 e. The van der Waals surface area contributed by atoms with Crippen LogP contribution in [0.4, 0.5) is 33.5 Å². The van der Waals surface area contributed by atoms with Crippen LogP contribution in [0.5, 0.6) is 0 Å². The van der Waals surface area contributed by atoms with Gasteiger partial charge in [-0.25, -0.2) is 4.98 Å². The summed E-state index contributed by atoms with van der Waals surface area (Å²) in [6.07, 6.45) is -3.87. The molecule has 4 N–H and O–H groups in total. The topological polar surface area (TPSA) is 74.8 Å². The van der Waals surface area contributed by atoms with Crippen molar-refractivity contribution in [1.82, 2.24) is 4.98 Å². The van der Waals surface area contributed by atoms with Gasteiger partial charge in [0.1, 0.15) is 5.82 Å². The van der Waals surface area contributed by atoms with Crippen molar-refractivity contribution in [3.63, 3.8) is 0 Å². The number of nitrogens with zero attached hydrogens (tertiary/aromatic N) is 1. The second-order valence-corrected chi connectivity index (χ2v) is 3.40. The molecule has 0 aliphatic heterocycles. The van der Waals surface area contributed by atoms with Crippen molar-refractivity contribution in [2.75, 3.05) is 17.6 Å². The highest BCUT2D eigenvalue weighted by Crippen LogP contribution is 2.35. The predicted octanol–water partition coefficient (Wildman–Crippen LogP) is 2.27. The number of pyridine rings is 1. The normalized spacial score (nSPS) is 12.3. The molecule has 0 aliphatic carbocycles. The van der Waals surface area contributed by atoms with E-state index in [0.29, 0.717) is 0 Å². The number of nitrogen functional groups attached to an aromatic ring is 1. The lowest BCUT2D eigenvalue weighted by Gasteiger charge is -2.20. The van der Waals surface area contributed by atoms with E-state index in [-0.39, 0.29) is 17.1 Å². The van der Waals surface area contributed by atoms with Gasteiger partial charge in [-0.1, -0.05) is 0 Å². The second kappa shape index (κ2) is 4.75. The number of rotatable bonds is 4. The fourth-order valence-corrected chi connectivity index (χ4v) is 1.06. The molecule has 1 heterocycles. The third-order valence-electron chi connectivity index (χ3n) is 2.03. The molecule has 0 amide bonds. The van der Waals surface area contributed by atoms with Crippen LogP contribution >= 0.6 is 0 Å². The summed E-state index contributed by atoms with van der Waals surface area (Å²) in [4.78, 5) is 3.54. The number of anilines is 2. The van der Waals surface area contributed by atoms with Crippen LogP contribution in [0.15, 0.2) is 12.3 Å². The second-order valence-electron chi connectivity index (χ2n) is 3.40. The molecule has 0 aromatic carbocycles. The van der Waals surface area contributed by atoms with E-state index in [1.807, 2.05) is 5.32 Å². The summed E-state index contributed by atoms with van der Waals surface area (Å²) in [5.74, 6) is -4.84. The van der Waals surface area contributed by atoms with Crippen molar-refractivity contribution >= 4 is 17.7 Å². The molecule has 0 aliphatic rings. The molecule has 18 heavy (non-hydrogen) atoms. The van der Waals surface area contributed by atoms with Crippen LogP contribution in [0, 0.1) is 5.41 Å². The Labute approximate surface area is 98.5 Å². The number of halogens is 5. The van der Waals surface area contributed by atoms with Gasteiger partial charge in [-0.05, 0) is 6.07 Å². The Hall–Kier alpha value is -1.93. The average Bonchev–Trinajstić information content (AvgIpc) is 2.25. The van der Waals surface area contributed by atoms with Crippen molar-refractivity contribution in [3.05, 3.63) is 17.8 Å². The molecule has 1 rings (SSSR count). The van der Waals surface area contributed by atoms with E-state index >= 15 is 0 Å². The van der Waals surface area contributed by atoms with E-state index < -0.39 is 18.6 Å². The van der Waals surface area contributed by atoms with Crippen molar-refractivity contribution in [2.24, 2.45) is 0 Å². The van der Waals surface area contributed by atoms with Gasteiger partial charge in [0.05, 0.1) is 18.4 Å². The van der Waals surface area contributed by atoms with Crippen LogP contribution in [0.2, 0.25) is 0 Å². The minimum atomic E-state index is -5.63. The van der Waals surface area contributed by atoms with Crippen molar-refractivity contribution in [3.8, 4) is 0 Å². The molecule has 0 atom stereocenters. The SMILES string of the molecule is N=Cc1cc(N)ncc1NCC(F)(F)C(F)(F)F. The molecular weight excluding hydrogens is 259 g/mol. The summed E-state index contributed by atoms with van der Waals surface area (Å²) in [5, 5.41) is 8.88. The van der Waals surface area contributed by atoms with Gasteiger partial charge in [0, 0.05) is 11.8 Å². The molecule has 0 spiro atoms. The third-order valence-corrected chi connectivity index (χ3v) is 2.03. The molecule has 0 radical (unpaired) electrons. The first-order valence-electron chi connectivity index (χ1n) is 4.62. The summed E-state index contributed by atoms with van der Waals surface area (Å²) >= 11 is 0. The van der Waals surface area contributed by atoms with Crippen LogP contribution in [-0.4, -0.2) is 29.8 Å². The maximum Gasteiger partial charge on any atom is 0.455 e. The minimum Gasteiger partial charge on any atom is -0.384 e. The highest BCUT2D eigenvalue weighted by Gasteiger charge is 2.57. The molecule has 0 fully saturated rings. The fourth-order valence-electron chi connectivity index (χ4n) is 1.06. The first-order chi connectivity index (χ1) is 8.17. The minimum absolute atomic E-state index is 0.0293. The Balaban J connectivity index is 2.84. The maximum absolute atomic E-state index is 12.6. The quantitative estimate of drug-likeness (QED) is 0.579. The van der Waals surface area contributed by atoms with E-state index in [9.17, 15) is 22.0 Å². The largest absolute Gasteiger partial charge is 0.455 e. The lowest BCUT2D eigenvalue weighted by molar-refractivity contribution is -0.275. The van der Waals surface area contributed by atoms with Gasteiger partial charge in [0.2, 0.25) is 0 Å². The molecule has 9 heteroatoms. The summed E-state index contributed by atoms with van der Waals surface area (Å²) in [5.41, 5.74) is 5.23. The van der Waals surface area contributed by atoms with Gasteiger partial charge >= 0.3 is 12.1 Å². The van der Waals surface area contributed by atoms with Gasteiger partial charge < -0.3 is 16.5 Å². The molecular formula is C9H9F5N4. The predicted molar refractivity (Wildman–Crippen MR) is 56.0 cm³/mol. The van der Waals surface area contributed by atoms with Gasteiger partial charge in [-0.2, -0.15) is 22.0 Å². The lowest BCUT2D eigenvalue weighted by atomic mass is 10.2. The molecule has 0 saturated heterocycles. The lowest BCUT2D eigenvalue weighted by Crippen LogP contribution is -2.42. The Kier molecular flexibility index (Phi) is 3.73. The van der Waals surface area contributed by atoms with Gasteiger partial charge in [-0.3, -0.25) is 0 Å². The zero-order chi connectivity index (χ0) is 14.0. The maximum atomic E-state index is 12.6. The zero-order valence-electron chi connectivity index (χ0n) is 8.85. The first-order valence-corrected chi connectivity index (χ1v) is 4.62. The van der Waals surface area contributed by atoms with E-state index in [1.54, 1.807) is 0 Å². The van der Waals surface area contributed by atoms with E-state index in [2.05, 4.69) is 4.98 Å². The van der Waals surface area contributed by atoms with E-state index in [1.165, 1.54) is 6.07 Å². The number of aromatic nitrogens is 1. The van der Waals surface area contributed by atoms with Crippen LogP contribution in [-0.2, 0) is 0 Å². The van der Waals surface area contributed by atoms with Crippen molar-refractivity contribution < 1.29 is 22.0 Å². The number of hydrogen-bond acceptors (Lipinski definition) is 4. The molecule has 0 saturated carbocycles. The molecule has 1 aromatic heterocycles. The molecule has 100 valence electrons. The van der Waals surface area contributed by atoms with Gasteiger partial charge in [0.15, 0.2) is 0 Å². The Morgan fingerprint density at radius 1 is 1.33 bits per heavy atom. The number of nitrogens with one attached hydrogen (secondary N) is 2. The number of hydrogen-bond donors (Lipinski definition) is 3. The third kappa shape index (κ3) is 3.05. The van der Waals surface area contributed by atoms with Crippen molar-refractivity contribution in [2.45, 2.75) is 12.1 Å². The number of alkyl halides is 5. The van der Waals surface area contributed by atoms with Gasteiger partial charge in [0.25, 0.3) is 0 Å². The van der Waals surface area contributed by atoms with Crippen LogP contribution in [0.1, 0.15) is 5.56 Å². The molecule has 4 nitrogen and oxygen atoms in total. The summed E-state index contributed by atoms with van der Waals surface area (Å²) in [6, 6.07) is 1.18. The fraction of sp³-hybridized carbons (Fsp3) is 0.333. The van der Waals surface area contributed by atoms with Crippen LogP contribution < -0.4 is 11.1 Å². The standard InChI is InChI=1S/C9H9F5N4/c10-8(11,9(12,13)14)4-18-6-3-17-7(16)1-5(6)2-15/h1-3,15,18H,4H2,(H2,16,17). The zero-order valence-corrected chi connectivity index (χ0v) is 8.85. The number of nitrogens with two attached hydrogens (primary N) is 1. The average molecular weight is 268 g/mol. The highest BCUT2D eigenvalue weighted by atomic mass is 19.4. The molecule has 0 bridgehead atoms. The van der Waals surface area contributed by atoms with E-state index in [4.69, 9.17) is 11.1 Å². The monoisotopic (exact) mass is 268 g/mol. The van der Waals surface area contributed by atoms with E-state index in [0.717, 1.165) is 12.4 Å².